The Morgan fingerprint density at radius 2 is 2.26 bits per heavy atom. The first-order valence-corrected chi connectivity index (χ1v) is 12.2. The average Bonchev–Trinajstić information content (AvgIpc) is 3.46. The second-order valence-corrected chi connectivity index (χ2v) is 10.1. The van der Waals surface area contributed by atoms with Crippen molar-refractivity contribution in [1.29, 1.82) is 5.26 Å². The molecule has 0 aliphatic rings. The summed E-state index contributed by atoms with van der Waals surface area (Å²) in [6, 6.07) is 8.20. The number of carbonyl (C=O) groups is 1. The Hall–Kier alpha value is -2.45. The van der Waals surface area contributed by atoms with E-state index in [1.165, 1.54) is 16.2 Å². The van der Waals surface area contributed by atoms with Crippen molar-refractivity contribution >= 4 is 51.6 Å². The number of anilines is 1. The van der Waals surface area contributed by atoms with Crippen LogP contribution in [0.15, 0.2) is 33.5 Å². The van der Waals surface area contributed by atoms with Gasteiger partial charge >= 0.3 is 0 Å². The summed E-state index contributed by atoms with van der Waals surface area (Å²) in [5.74, 6) is 0.309. The van der Waals surface area contributed by atoms with E-state index in [2.05, 4.69) is 33.1 Å². The number of amides is 1. The molecule has 31 heavy (non-hydrogen) atoms. The third-order valence-corrected chi connectivity index (χ3v) is 7.66. The molecular formula is C21H23N5O2S3. The number of nitrogens with one attached hydrogen (secondary N) is 1. The fraction of sp³-hybridized carbons (Fsp3) is 0.333. The molecule has 0 fully saturated rings. The van der Waals surface area contributed by atoms with Gasteiger partial charge < -0.3 is 9.30 Å². The lowest BCUT2D eigenvalue weighted by molar-refractivity contribution is -0.112. The summed E-state index contributed by atoms with van der Waals surface area (Å²) < 4.78 is 8.17. The molecule has 3 aromatic rings. The Kier molecular flexibility index (Phi) is 8.03. The van der Waals surface area contributed by atoms with Crippen molar-refractivity contribution in [1.82, 2.24) is 14.8 Å². The van der Waals surface area contributed by atoms with Crippen molar-refractivity contribution in [2.75, 3.05) is 19.0 Å². The number of ether oxygens (including phenoxy) is 1. The van der Waals surface area contributed by atoms with E-state index < -0.39 is 5.91 Å². The highest BCUT2D eigenvalue weighted by Crippen LogP contribution is 2.30. The first-order valence-electron chi connectivity index (χ1n) is 9.52. The molecule has 1 unspecified atom stereocenters. The van der Waals surface area contributed by atoms with E-state index in [0.29, 0.717) is 11.7 Å². The molecule has 3 heterocycles. The second kappa shape index (κ2) is 10.7. The minimum Gasteiger partial charge on any atom is -0.383 e. The fourth-order valence-corrected chi connectivity index (χ4v) is 5.78. The van der Waals surface area contributed by atoms with Crippen molar-refractivity contribution in [3.63, 3.8) is 0 Å². The third kappa shape index (κ3) is 5.83. The summed E-state index contributed by atoms with van der Waals surface area (Å²) in [7, 11) is 1.67. The zero-order valence-electron chi connectivity index (χ0n) is 17.7. The lowest BCUT2D eigenvalue weighted by Crippen LogP contribution is -2.14. The molecule has 1 atom stereocenters. The molecule has 162 valence electrons. The molecule has 7 nitrogen and oxygen atoms in total. The molecule has 0 spiro atoms. The smallest absolute Gasteiger partial charge is 0.268 e. The van der Waals surface area contributed by atoms with Crippen LogP contribution in [0.25, 0.3) is 6.08 Å². The number of nitriles is 1. The summed E-state index contributed by atoms with van der Waals surface area (Å²) in [4.78, 5) is 13.9. The number of methoxy groups -OCH3 is 1. The van der Waals surface area contributed by atoms with E-state index in [1.54, 1.807) is 36.3 Å². The predicted molar refractivity (Wildman–Crippen MR) is 127 cm³/mol. The van der Waals surface area contributed by atoms with Crippen LogP contribution in [0.2, 0.25) is 0 Å². The number of thioether (sulfide) groups is 1. The molecule has 3 aromatic heterocycles. The lowest BCUT2D eigenvalue weighted by atomic mass is 10.1. The molecule has 0 aliphatic heterocycles. The second-order valence-electron chi connectivity index (χ2n) is 6.87. The number of nitrogens with zero attached hydrogens (tertiary/aromatic N) is 4. The fourth-order valence-electron chi connectivity index (χ4n) is 3.26. The first kappa shape index (κ1) is 23.2. The van der Waals surface area contributed by atoms with Gasteiger partial charge in [0.2, 0.25) is 5.13 Å². The van der Waals surface area contributed by atoms with Gasteiger partial charge in [-0.3, -0.25) is 10.1 Å². The summed E-state index contributed by atoms with van der Waals surface area (Å²) in [5.41, 5.74) is 2.87. The highest BCUT2D eigenvalue weighted by atomic mass is 32.2. The van der Waals surface area contributed by atoms with Gasteiger partial charge in [0.25, 0.3) is 5.91 Å². The van der Waals surface area contributed by atoms with Gasteiger partial charge in [0, 0.05) is 29.1 Å². The molecule has 3 rings (SSSR count). The molecule has 0 aliphatic carbocycles. The number of hydrogen-bond acceptors (Lipinski definition) is 8. The van der Waals surface area contributed by atoms with Gasteiger partial charge in [-0.25, -0.2) is 0 Å². The minimum absolute atomic E-state index is 0.0163. The lowest BCUT2D eigenvalue weighted by Gasteiger charge is -2.17. The van der Waals surface area contributed by atoms with Crippen molar-refractivity contribution in [3.05, 3.63) is 51.0 Å². The molecule has 0 saturated carbocycles. The van der Waals surface area contributed by atoms with Crippen molar-refractivity contribution < 1.29 is 9.53 Å². The molecule has 0 saturated heterocycles. The Morgan fingerprint density at radius 1 is 1.45 bits per heavy atom. The number of thiophene rings is 1. The monoisotopic (exact) mass is 473 g/mol. The SMILES string of the molecule is COCC(C)n1c(C)cc(/C=C(\C#N)C(=O)Nc2nnc(SCc3cccs3)s2)c1C. The summed E-state index contributed by atoms with van der Waals surface area (Å²) in [6.45, 7) is 6.62. The van der Waals surface area contributed by atoms with Crippen LogP contribution in [0, 0.1) is 25.2 Å². The normalized spacial score (nSPS) is 12.5. The Labute approximate surface area is 193 Å². The van der Waals surface area contributed by atoms with Crippen LogP contribution in [0.3, 0.4) is 0 Å². The maximum Gasteiger partial charge on any atom is 0.268 e. The van der Waals surface area contributed by atoms with E-state index in [-0.39, 0.29) is 11.6 Å². The number of carbonyl (C=O) groups excluding carboxylic acids is 1. The molecule has 0 aromatic carbocycles. The van der Waals surface area contributed by atoms with Gasteiger partial charge in [0.1, 0.15) is 11.6 Å². The van der Waals surface area contributed by atoms with E-state index in [0.717, 1.165) is 27.0 Å². The van der Waals surface area contributed by atoms with Crippen molar-refractivity contribution in [2.24, 2.45) is 0 Å². The highest BCUT2D eigenvalue weighted by Gasteiger charge is 2.17. The largest absolute Gasteiger partial charge is 0.383 e. The van der Waals surface area contributed by atoms with Crippen molar-refractivity contribution in [2.45, 2.75) is 36.9 Å². The molecule has 1 amide bonds. The van der Waals surface area contributed by atoms with E-state index >= 15 is 0 Å². The predicted octanol–water partition coefficient (Wildman–Crippen LogP) is 5.06. The Balaban J connectivity index is 1.70. The van der Waals surface area contributed by atoms with Gasteiger partial charge in [0.15, 0.2) is 4.34 Å². The van der Waals surface area contributed by atoms with Gasteiger partial charge in [-0.05, 0) is 49.9 Å². The van der Waals surface area contributed by atoms with Crippen LogP contribution in [0.5, 0.6) is 0 Å². The summed E-state index contributed by atoms with van der Waals surface area (Å²) in [6.07, 6.45) is 1.61. The van der Waals surface area contributed by atoms with Gasteiger partial charge in [-0.2, -0.15) is 5.26 Å². The zero-order chi connectivity index (χ0) is 22.4. The maximum atomic E-state index is 12.6. The first-order chi connectivity index (χ1) is 14.9. The average molecular weight is 474 g/mol. The zero-order valence-corrected chi connectivity index (χ0v) is 20.2. The van der Waals surface area contributed by atoms with E-state index in [1.807, 2.05) is 37.4 Å². The number of aromatic nitrogens is 3. The highest BCUT2D eigenvalue weighted by molar-refractivity contribution is 8.00. The molecule has 1 N–H and O–H groups in total. The topological polar surface area (TPSA) is 92.8 Å². The Bertz CT molecular complexity index is 1110. The van der Waals surface area contributed by atoms with Gasteiger partial charge in [-0.1, -0.05) is 29.2 Å². The summed E-state index contributed by atoms with van der Waals surface area (Å²) in [5, 5.41) is 22.8. The molecule has 0 bridgehead atoms. The quantitative estimate of drug-likeness (QED) is 0.202. The van der Waals surface area contributed by atoms with Crippen LogP contribution in [0.1, 0.15) is 34.8 Å². The standard InChI is InChI=1S/C21H23N5O2S3/c1-13-8-16(15(3)26(13)14(2)11-28-4)9-17(10-22)19(27)23-20-24-25-21(31-20)30-12-18-6-5-7-29-18/h5-9,14H,11-12H2,1-4H3,(H,23,24,27)/b17-9+. The van der Waals surface area contributed by atoms with Crippen LogP contribution >= 0.6 is 34.4 Å². The van der Waals surface area contributed by atoms with Crippen LogP contribution < -0.4 is 5.32 Å². The molecular weight excluding hydrogens is 450 g/mol. The molecule has 10 heteroatoms. The van der Waals surface area contributed by atoms with Crippen molar-refractivity contribution in [3.8, 4) is 6.07 Å². The number of aryl methyl sites for hydroxylation is 1. The number of hydrogen-bond donors (Lipinski definition) is 1. The van der Waals surface area contributed by atoms with Gasteiger partial charge in [0.05, 0.1) is 12.6 Å². The van der Waals surface area contributed by atoms with Crippen LogP contribution in [-0.4, -0.2) is 34.4 Å². The molecule has 0 radical (unpaired) electrons. The van der Waals surface area contributed by atoms with Crippen LogP contribution in [0.4, 0.5) is 5.13 Å². The minimum atomic E-state index is -0.497. The maximum absolute atomic E-state index is 12.6. The van der Waals surface area contributed by atoms with Crippen LogP contribution in [-0.2, 0) is 15.3 Å². The third-order valence-electron chi connectivity index (χ3n) is 4.58. The van der Waals surface area contributed by atoms with Gasteiger partial charge in [-0.15, -0.1) is 21.5 Å². The summed E-state index contributed by atoms with van der Waals surface area (Å²) >= 11 is 4.55. The van der Waals surface area contributed by atoms with E-state index in [9.17, 15) is 10.1 Å². The number of rotatable bonds is 9. The van der Waals surface area contributed by atoms with E-state index in [4.69, 9.17) is 4.74 Å². The Morgan fingerprint density at radius 3 is 2.94 bits per heavy atom.